The lowest BCUT2D eigenvalue weighted by atomic mass is 10.0. The number of carboxylic acid groups (broad SMARTS) is 1. The van der Waals surface area contributed by atoms with Gasteiger partial charge in [-0.05, 0) is 31.2 Å². The summed E-state index contributed by atoms with van der Waals surface area (Å²) in [5.74, 6) is -0.921. The van der Waals surface area contributed by atoms with E-state index in [-0.39, 0.29) is 17.5 Å². The molecule has 110 valence electrons. The Morgan fingerprint density at radius 3 is 2.75 bits per heavy atom. The molecule has 1 saturated heterocycles. The summed E-state index contributed by atoms with van der Waals surface area (Å²) in [6, 6.07) is 0. The Morgan fingerprint density at radius 2 is 2.20 bits per heavy atom. The molecule has 0 bridgehead atoms. The largest absolute Gasteiger partial charge is 0.477 e. The summed E-state index contributed by atoms with van der Waals surface area (Å²) in [4.78, 5) is 11.5. The molecule has 0 radical (unpaired) electrons. The summed E-state index contributed by atoms with van der Waals surface area (Å²) in [5.41, 5.74) is 1.56. The summed E-state index contributed by atoms with van der Waals surface area (Å²) in [6.07, 6.45) is 3.22. The van der Waals surface area contributed by atoms with E-state index in [1.807, 2.05) is 13.8 Å². The molecular formula is C14H20N2O4. The lowest BCUT2D eigenvalue weighted by Gasteiger charge is -2.15. The first-order valence-electron chi connectivity index (χ1n) is 7.03. The number of carboxylic acids is 1. The van der Waals surface area contributed by atoms with E-state index in [9.17, 15) is 9.90 Å². The average molecular weight is 280 g/mol. The predicted octanol–water partition coefficient (Wildman–Crippen LogP) is 1.86. The SMILES string of the molecule is CCc1nnc(OCC2CCCO2)c(C(=O)O)c1CC. The molecule has 1 aliphatic rings. The fraction of sp³-hybridized carbons (Fsp3) is 0.643. The van der Waals surface area contributed by atoms with Gasteiger partial charge in [0.1, 0.15) is 12.2 Å². The molecule has 2 heterocycles. The zero-order valence-corrected chi connectivity index (χ0v) is 11.9. The number of aryl methyl sites for hydroxylation is 1. The van der Waals surface area contributed by atoms with E-state index < -0.39 is 5.97 Å². The number of aromatic nitrogens is 2. The number of nitrogens with zero attached hydrogens (tertiary/aromatic N) is 2. The third kappa shape index (κ3) is 3.07. The van der Waals surface area contributed by atoms with Crippen molar-refractivity contribution >= 4 is 5.97 Å². The van der Waals surface area contributed by atoms with Crippen molar-refractivity contribution in [1.29, 1.82) is 0 Å². The summed E-state index contributed by atoms with van der Waals surface area (Å²) >= 11 is 0. The Kier molecular flexibility index (Phi) is 4.89. The van der Waals surface area contributed by atoms with Crippen molar-refractivity contribution in [2.45, 2.75) is 45.6 Å². The van der Waals surface area contributed by atoms with Crippen molar-refractivity contribution in [3.05, 3.63) is 16.8 Å². The maximum Gasteiger partial charge on any atom is 0.341 e. The molecule has 0 amide bonds. The fourth-order valence-corrected chi connectivity index (χ4v) is 2.42. The molecule has 1 atom stereocenters. The van der Waals surface area contributed by atoms with Crippen molar-refractivity contribution in [2.24, 2.45) is 0 Å². The van der Waals surface area contributed by atoms with Crippen molar-refractivity contribution < 1.29 is 19.4 Å². The Balaban J connectivity index is 2.24. The van der Waals surface area contributed by atoms with Gasteiger partial charge >= 0.3 is 5.97 Å². The molecule has 0 saturated carbocycles. The molecule has 2 rings (SSSR count). The third-order valence-electron chi connectivity index (χ3n) is 3.46. The van der Waals surface area contributed by atoms with E-state index in [0.29, 0.717) is 25.0 Å². The molecular weight excluding hydrogens is 260 g/mol. The molecule has 1 aliphatic heterocycles. The summed E-state index contributed by atoms with van der Waals surface area (Å²) in [7, 11) is 0. The maximum absolute atomic E-state index is 11.5. The van der Waals surface area contributed by atoms with Gasteiger partial charge in [-0.15, -0.1) is 5.10 Å². The van der Waals surface area contributed by atoms with Crippen LogP contribution in [0, 0.1) is 0 Å². The van der Waals surface area contributed by atoms with Gasteiger partial charge in [-0.3, -0.25) is 0 Å². The molecule has 1 aromatic heterocycles. The molecule has 1 aromatic rings. The van der Waals surface area contributed by atoms with Crippen LogP contribution in [0.15, 0.2) is 0 Å². The normalized spacial score (nSPS) is 18.2. The van der Waals surface area contributed by atoms with Gasteiger partial charge in [0, 0.05) is 6.61 Å². The monoisotopic (exact) mass is 280 g/mol. The molecule has 0 aromatic carbocycles. The van der Waals surface area contributed by atoms with Gasteiger partial charge < -0.3 is 14.6 Å². The van der Waals surface area contributed by atoms with Gasteiger partial charge in [0.15, 0.2) is 0 Å². The Morgan fingerprint density at radius 1 is 1.40 bits per heavy atom. The highest BCUT2D eigenvalue weighted by molar-refractivity contribution is 5.92. The molecule has 1 fully saturated rings. The molecule has 6 nitrogen and oxygen atoms in total. The maximum atomic E-state index is 11.5. The zero-order chi connectivity index (χ0) is 14.5. The molecule has 6 heteroatoms. The lowest BCUT2D eigenvalue weighted by molar-refractivity contribution is 0.0611. The number of hydrogen-bond acceptors (Lipinski definition) is 5. The topological polar surface area (TPSA) is 81.5 Å². The van der Waals surface area contributed by atoms with Crippen molar-refractivity contribution in [3.63, 3.8) is 0 Å². The second-order valence-corrected chi connectivity index (χ2v) is 4.76. The van der Waals surface area contributed by atoms with Crippen molar-refractivity contribution in [1.82, 2.24) is 10.2 Å². The van der Waals surface area contributed by atoms with Crippen LogP contribution < -0.4 is 4.74 Å². The standard InChI is InChI=1S/C14H20N2O4/c1-3-10-11(4-2)15-16-13(12(10)14(17)18)20-8-9-6-5-7-19-9/h9H,3-8H2,1-2H3,(H,17,18). The summed E-state index contributed by atoms with van der Waals surface area (Å²) in [6.45, 7) is 4.90. The number of carbonyl (C=O) groups is 1. The second kappa shape index (κ2) is 6.65. The van der Waals surface area contributed by atoms with Gasteiger partial charge in [-0.2, -0.15) is 5.10 Å². The average Bonchev–Trinajstić information content (AvgIpc) is 2.96. The third-order valence-corrected chi connectivity index (χ3v) is 3.46. The van der Waals surface area contributed by atoms with Crippen LogP contribution in [-0.4, -0.2) is 40.6 Å². The van der Waals surface area contributed by atoms with E-state index in [1.165, 1.54) is 0 Å². The Labute approximate surface area is 118 Å². The van der Waals surface area contributed by atoms with E-state index in [1.54, 1.807) is 0 Å². The lowest BCUT2D eigenvalue weighted by Crippen LogP contribution is -2.20. The smallest absolute Gasteiger partial charge is 0.341 e. The molecule has 0 spiro atoms. The van der Waals surface area contributed by atoms with E-state index in [2.05, 4.69) is 10.2 Å². The minimum absolute atomic E-state index is 0.0226. The number of rotatable bonds is 6. The van der Waals surface area contributed by atoms with E-state index in [0.717, 1.165) is 25.1 Å². The quantitative estimate of drug-likeness (QED) is 0.856. The Hall–Kier alpha value is -1.69. The minimum Gasteiger partial charge on any atom is -0.477 e. The van der Waals surface area contributed by atoms with Crippen LogP contribution in [0.25, 0.3) is 0 Å². The van der Waals surface area contributed by atoms with Crippen LogP contribution in [0.5, 0.6) is 5.88 Å². The highest BCUT2D eigenvalue weighted by atomic mass is 16.5. The molecule has 0 aliphatic carbocycles. The molecule has 1 N–H and O–H groups in total. The number of ether oxygens (including phenoxy) is 2. The van der Waals surface area contributed by atoms with Crippen molar-refractivity contribution in [2.75, 3.05) is 13.2 Å². The van der Waals surface area contributed by atoms with Crippen LogP contribution in [0.4, 0.5) is 0 Å². The zero-order valence-electron chi connectivity index (χ0n) is 11.9. The Bertz CT molecular complexity index is 484. The highest BCUT2D eigenvalue weighted by Crippen LogP contribution is 2.23. The summed E-state index contributed by atoms with van der Waals surface area (Å²) in [5, 5.41) is 17.4. The number of hydrogen-bond donors (Lipinski definition) is 1. The van der Waals surface area contributed by atoms with Crippen molar-refractivity contribution in [3.8, 4) is 5.88 Å². The number of aromatic carboxylic acids is 1. The van der Waals surface area contributed by atoms with Crippen LogP contribution in [-0.2, 0) is 17.6 Å². The predicted molar refractivity (Wildman–Crippen MR) is 72.2 cm³/mol. The van der Waals surface area contributed by atoms with Gasteiger partial charge in [0.05, 0.1) is 11.8 Å². The van der Waals surface area contributed by atoms with E-state index >= 15 is 0 Å². The first-order valence-corrected chi connectivity index (χ1v) is 7.03. The van der Waals surface area contributed by atoms with Gasteiger partial charge in [-0.25, -0.2) is 4.79 Å². The first kappa shape index (κ1) is 14.7. The highest BCUT2D eigenvalue weighted by Gasteiger charge is 2.23. The van der Waals surface area contributed by atoms with E-state index in [4.69, 9.17) is 9.47 Å². The van der Waals surface area contributed by atoms with Gasteiger partial charge in [0.2, 0.25) is 5.88 Å². The van der Waals surface area contributed by atoms with Gasteiger partial charge in [0.25, 0.3) is 0 Å². The fourth-order valence-electron chi connectivity index (χ4n) is 2.42. The minimum atomic E-state index is -1.02. The second-order valence-electron chi connectivity index (χ2n) is 4.76. The van der Waals surface area contributed by atoms with Crippen LogP contribution in [0.1, 0.15) is 48.3 Å². The van der Waals surface area contributed by atoms with Crippen LogP contribution in [0.3, 0.4) is 0 Å². The first-order chi connectivity index (χ1) is 9.67. The van der Waals surface area contributed by atoms with Crippen LogP contribution >= 0.6 is 0 Å². The van der Waals surface area contributed by atoms with Gasteiger partial charge in [-0.1, -0.05) is 13.8 Å². The molecule has 20 heavy (non-hydrogen) atoms. The molecule has 1 unspecified atom stereocenters. The summed E-state index contributed by atoms with van der Waals surface area (Å²) < 4.78 is 11.0. The van der Waals surface area contributed by atoms with Crippen LogP contribution in [0.2, 0.25) is 0 Å².